The molecule has 0 saturated heterocycles. The van der Waals surface area contributed by atoms with Gasteiger partial charge in [-0.2, -0.15) is 0 Å². The van der Waals surface area contributed by atoms with Crippen LogP contribution in [-0.2, 0) is 0 Å². The van der Waals surface area contributed by atoms with E-state index in [1.165, 1.54) is 44.9 Å². The summed E-state index contributed by atoms with van der Waals surface area (Å²) in [5.74, 6) is 0.945. The standard InChI is InChI=1S/C13H23N/c1-11-6-5-9-13(10-11)14-12-7-3-2-4-8-12/h2-3,11-14H,4-10H2,1H3. The van der Waals surface area contributed by atoms with Crippen molar-refractivity contribution in [1.29, 1.82) is 0 Å². The molecule has 3 atom stereocenters. The fourth-order valence-corrected chi connectivity index (χ4v) is 2.86. The maximum absolute atomic E-state index is 3.84. The van der Waals surface area contributed by atoms with Crippen molar-refractivity contribution in [2.75, 3.05) is 0 Å². The van der Waals surface area contributed by atoms with E-state index in [0.717, 1.165) is 18.0 Å². The zero-order valence-electron chi connectivity index (χ0n) is 9.34. The maximum atomic E-state index is 3.84. The Morgan fingerprint density at radius 1 is 1.07 bits per heavy atom. The van der Waals surface area contributed by atoms with Gasteiger partial charge in [-0.15, -0.1) is 0 Å². The lowest BCUT2D eigenvalue weighted by Crippen LogP contribution is -2.41. The lowest BCUT2D eigenvalue weighted by atomic mass is 9.86. The molecule has 0 aromatic rings. The predicted molar refractivity (Wildman–Crippen MR) is 61.3 cm³/mol. The smallest absolute Gasteiger partial charge is 0.0107 e. The molecule has 0 aliphatic heterocycles. The molecule has 1 nitrogen and oxygen atoms in total. The van der Waals surface area contributed by atoms with Crippen molar-refractivity contribution in [2.24, 2.45) is 5.92 Å². The van der Waals surface area contributed by atoms with E-state index in [-0.39, 0.29) is 0 Å². The van der Waals surface area contributed by atoms with Gasteiger partial charge in [-0.3, -0.25) is 0 Å². The number of hydrogen-bond acceptors (Lipinski definition) is 1. The Labute approximate surface area is 88.0 Å². The Kier molecular flexibility index (Phi) is 3.63. The largest absolute Gasteiger partial charge is 0.311 e. The van der Waals surface area contributed by atoms with Gasteiger partial charge in [0.15, 0.2) is 0 Å². The summed E-state index contributed by atoms with van der Waals surface area (Å²) in [6.07, 6.45) is 14.2. The third kappa shape index (κ3) is 2.84. The Bertz CT molecular complexity index is 197. The molecule has 2 aliphatic rings. The van der Waals surface area contributed by atoms with Gasteiger partial charge in [0.25, 0.3) is 0 Å². The lowest BCUT2D eigenvalue weighted by molar-refractivity contribution is 0.274. The van der Waals surface area contributed by atoms with E-state index in [9.17, 15) is 0 Å². The lowest BCUT2D eigenvalue weighted by Gasteiger charge is -2.32. The van der Waals surface area contributed by atoms with Crippen molar-refractivity contribution < 1.29 is 0 Å². The summed E-state index contributed by atoms with van der Waals surface area (Å²) >= 11 is 0. The van der Waals surface area contributed by atoms with Crippen LogP contribution < -0.4 is 5.32 Å². The summed E-state index contributed by atoms with van der Waals surface area (Å²) in [5.41, 5.74) is 0. The van der Waals surface area contributed by atoms with Crippen molar-refractivity contribution in [2.45, 2.75) is 64.0 Å². The van der Waals surface area contributed by atoms with Crippen LogP contribution in [0.15, 0.2) is 12.2 Å². The molecule has 1 saturated carbocycles. The van der Waals surface area contributed by atoms with Crippen molar-refractivity contribution in [3.05, 3.63) is 12.2 Å². The molecule has 2 aliphatic carbocycles. The Balaban J connectivity index is 1.75. The third-order valence-electron chi connectivity index (χ3n) is 3.68. The van der Waals surface area contributed by atoms with Crippen molar-refractivity contribution >= 4 is 0 Å². The van der Waals surface area contributed by atoms with Crippen molar-refractivity contribution in [3.63, 3.8) is 0 Å². The van der Waals surface area contributed by atoms with E-state index in [1.807, 2.05) is 0 Å². The van der Waals surface area contributed by atoms with E-state index in [2.05, 4.69) is 24.4 Å². The summed E-state index contributed by atoms with van der Waals surface area (Å²) in [4.78, 5) is 0. The van der Waals surface area contributed by atoms with Crippen LogP contribution in [0.1, 0.15) is 51.9 Å². The normalized spacial score (nSPS) is 38.5. The zero-order valence-corrected chi connectivity index (χ0v) is 9.34. The van der Waals surface area contributed by atoms with Crippen molar-refractivity contribution in [1.82, 2.24) is 5.32 Å². The highest BCUT2D eigenvalue weighted by Gasteiger charge is 2.21. The molecule has 0 aromatic heterocycles. The van der Waals surface area contributed by atoms with Gasteiger partial charge in [0.05, 0.1) is 0 Å². The molecule has 1 heteroatoms. The molecule has 14 heavy (non-hydrogen) atoms. The van der Waals surface area contributed by atoms with Crippen LogP contribution in [0.4, 0.5) is 0 Å². The van der Waals surface area contributed by atoms with Gasteiger partial charge in [0.2, 0.25) is 0 Å². The SMILES string of the molecule is CC1CCCC(NC2CC=CCC2)C1. The first-order chi connectivity index (χ1) is 6.84. The number of rotatable bonds is 2. The number of allylic oxidation sites excluding steroid dienone is 1. The Hall–Kier alpha value is -0.300. The molecule has 80 valence electrons. The Morgan fingerprint density at radius 2 is 2.00 bits per heavy atom. The molecular weight excluding hydrogens is 170 g/mol. The zero-order chi connectivity index (χ0) is 9.80. The minimum Gasteiger partial charge on any atom is -0.311 e. The second-order valence-corrected chi connectivity index (χ2v) is 5.12. The fourth-order valence-electron chi connectivity index (χ4n) is 2.86. The summed E-state index contributed by atoms with van der Waals surface area (Å²) in [5, 5.41) is 3.84. The predicted octanol–water partition coefficient (Wildman–Crippen LogP) is 3.26. The number of nitrogens with one attached hydrogen (secondary N) is 1. The molecule has 1 fully saturated rings. The maximum Gasteiger partial charge on any atom is 0.0107 e. The summed E-state index contributed by atoms with van der Waals surface area (Å²) in [6, 6.07) is 1.59. The van der Waals surface area contributed by atoms with E-state index < -0.39 is 0 Å². The van der Waals surface area contributed by atoms with Gasteiger partial charge in [-0.25, -0.2) is 0 Å². The summed E-state index contributed by atoms with van der Waals surface area (Å²) < 4.78 is 0. The van der Waals surface area contributed by atoms with Gasteiger partial charge < -0.3 is 5.32 Å². The molecule has 2 rings (SSSR count). The van der Waals surface area contributed by atoms with Crippen LogP contribution in [-0.4, -0.2) is 12.1 Å². The average molecular weight is 193 g/mol. The molecule has 0 bridgehead atoms. The molecule has 0 amide bonds. The van der Waals surface area contributed by atoms with Gasteiger partial charge >= 0.3 is 0 Å². The van der Waals surface area contributed by atoms with Gasteiger partial charge in [0, 0.05) is 12.1 Å². The number of hydrogen-bond donors (Lipinski definition) is 1. The molecule has 1 N–H and O–H groups in total. The second-order valence-electron chi connectivity index (χ2n) is 5.12. The third-order valence-corrected chi connectivity index (χ3v) is 3.68. The highest BCUT2D eigenvalue weighted by Crippen LogP contribution is 2.24. The fraction of sp³-hybridized carbons (Fsp3) is 0.846. The minimum absolute atomic E-state index is 0.773. The first kappa shape index (κ1) is 10.2. The monoisotopic (exact) mass is 193 g/mol. The average Bonchev–Trinajstić information content (AvgIpc) is 2.19. The van der Waals surface area contributed by atoms with Crippen LogP contribution in [0.3, 0.4) is 0 Å². The van der Waals surface area contributed by atoms with Crippen LogP contribution in [0.2, 0.25) is 0 Å². The molecule has 0 spiro atoms. The second kappa shape index (κ2) is 4.97. The van der Waals surface area contributed by atoms with Crippen LogP contribution in [0, 0.1) is 5.92 Å². The van der Waals surface area contributed by atoms with E-state index >= 15 is 0 Å². The van der Waals surface area contributed by atoms with Crippen LogP contribution in [0.5, 0.6) is 0 Å². The molecule has 0 heterocycles. The minimum atomic E-state index is 0.773. The van der Waals surface area contributed by atoms with Gasteiger partial charge in [-0.05, 0) is 38.0 Å². The topological polar surface area (TPSA) is 12.0 Å². The summed E-state index contributed by atoms with van der Waals surface area (Å²) in [7, 11) is 0. The molecule has 0 aromatic carbocycles. The first-order valence-electron chi connectivity index (χ1n) is 6.25. The highest BCUT2D eigenvalue weighted by molar-refractivity contribution is 4.94. The molecular formula is C13H23N. The van der Waals surface area contributed by atoms with E-state index in [1.54, 1.807) is 0 Å². The van der Waals surface area contributed by atoms with Gasteiger partial charge in [0.1, 0.15) is 0 Å². The van der Waals surface area contributed by atoms with Gasteiger partial charge in [-0.1, -0.05) is 31.9 Å². The highest BCUT2D eigenvalue weighted by atomic mass is 14.9. The molecule has 3 unspecified atom stereocenters. The first-order valence-corrected chi connectivity index (χ1v) is 6.25. The van der Waals surface area contributed by atoms with Crippen LogP contribution >= 0.6 is 0 Å². The Morgan fingerprint density at radius 3 is 2.71 bits per heavy atom. The quantitative estimate of drug-likeness (QED) is 0.664. The van der Waals surface area contributed by atoms with Crippen LogP contribution in [0.25, 0.3) is 0 Å². The summed E-state index contributed by atoms with van der Waals surface area (Å²) in [6.45, 7) is 2.40. The van der Waals surface area contributed by atoms with E-state index in [4.69, 9.17) is 0 Å². The van der Waals surface area contributed by atoms with Crippen molar-refractivity contribution in [3.8, 4) is 0 Å². The molecule has 0 radical (unpaired) electrons. The van der Waals surface area contributed by atoms with E-state index in [0.29, 0.717) is 0 Å².